The van der Waals surface area contributed by atoms with Crippen LogP contribution in [0.1, 0.15) is 45.7 Å². The van der Waals surface area contributed by atoms with Crippen molar-refractivity contribution in [1.29, 1.82) is 0 Å². The van der Waals surface area contributed by atoms with Crippen molar-refractivity contribution in [2.45, 2.75) is 51.9 Å². The number of rotatable bonds is 7. The van der Waals surface area contributed by atoms with Gasteiger partial charge in [-0.1, -0.05) is 18.2 Å². The van der Waals surface area contributed by atoms with Crippen LogP contribution in [0.3, 0.4) is 0 Å². The minimum Gasteiger partial charge on any atom is -0.491 e. The van der Waals surface area contributed by atoms with Gasteiger partial charge in [0.05, 0.1) is 17.7 Å². The Balaban J connectivity index is 2.98. The monoisotopic (exact) mass is 266 g/mol. The van der Waals surface area contributed by atoms with Gasteiger partial charge in [-0.05, 0) is 40.2 Å². The van der Waals surface area contributed by atoms with E-state index in [9.17, 15) is 0 Å². The van der Waals surface area contributed by atoms with Gasteiger partial charge in [-0.25, -0.2) is 0 Å². The Kier molecular flexibility index (Phi) is 5.79. The highest BCUT2D eigenvalue weighted by molar-refractivity contribution is 5.36. The van der Waals surface area contributed by atoms with E-state index in [1.807, 2.05) is 52.0 Å². The van der Waals surface area contributed by atoms with Gasteiger partial charge in [-0.15, -0.1) is 0 Å². The third kappa shape index (κ3) is 4.82. The van der Waals surface area contributed by atoms with Gasteiger partial charge in [0.1, 0.15) is 5.75 Å². The lowest BCUT2D eigenvalue weighted by molar-refractivity contribution is 0.00655. The fourth-order valence-electron chi connectivity index (χ4n) is 1.96. The molecule has 0 bridgehead atoms. The topological polar surface area (TPSA) is 56.5 Å². The molecule has 3 N–H and O–H groups in total. The van der Waals surface area contributed by atoms with Gasteiger partial charge in [0.2, 0.25) is 0 Å². The molecule has 4 nitrogen and oxygen atoms in total. The van der Waals surface area contributed by atoms with Crippen LogP contribution in [-0.2, 0) is 4.74 Å². The molecule has 0 aliphatic heterocycles. The second kappa shape index (κ2) is 6.89. The summed E-state index contributed by atoms with van der Waals surface area (Å²) in [4.78, 5) is 0. The largest absolute Gasteiger partial charge is 0.491 e. The van der Waals surface area contributed by atoms with Crippen molar-refractivity contribution in [2.75, 3.05) is 7.11 Å². The van der Waals surface area contributed by atoms with Crippen LogP contribution in [0, 0.1) is 0 Å². The summed E-state index contributed by atoms with van der Waals surface area (Å²) in [5, 5.41) is 0. The molecule has 0 spiro atoms. The molecule has 0 heterocycles. The SMILES string of the molecule is COC(C)(C)CC(NN)c1ccccc1OC(C)C. The predicted octanol–water partition coefficient (Wildman–Crippen LogP) is 2.79. The molecule has 1 rings (SSSR count). The summed E-state index contributed by atoms with van der Waals surface area (Å²) in [5.41, 5.74) is 3.67. The van der Waals surface area contributed by atoms with Crippen molar-refractivity contribution in [1.82, 2.24) is 5.43 Å². The zero-order chi connectivity index (χ0) is 14.5. The van der Waals surface area contributed by atoms with E-state index in [2.05, 4.69) is 5.43 Å². The predicted molar refractivity (Wildman–Crippen MR) is 78.0 cm³/mol. The molecule has 108 valence electrons. The van der Waals surface area contributed by atoms with Crippen LogP contribution in [0.25, 0.3) is 0 Å². The van der Waals surface area contributed by atoms with Crippen LogP contribution in [-0.4, -0.2) is 18.8 Å². The molecule has 1 unspecified atom stereocenters. The van der Waals surface area contributed by atoms with Crippen molar-refractivity contribution < 1.29 is 9.47 Å². The first-order valence-corrected chi connectivity index (χ1v) is 6.66. The molecule has 1 aromatic rings. The summed E-state index contributed by atoms with van der Waals surface area (Å²) in [6.07, 6.45) is 0.897. The molecule has 0 fully saturated rings. The van der Waals surface area contributed by atoms with Gasteiger partial charge in [0.15, 0.2) is 0 Å². The lowest BCUT2D eigenvalue weighted by atomic mass is 9.93. The highest BCUT2D eigenvalue weighted by atomic mass is 16.5. The van der Waals surface area contributed by atoms with Gasteiger partial charge in [0.25, 0.3) is 0 Å². The second-order valence-electron chi connectivity index (χ2n) is 5.59. The number of hydrogen-bond acceptors (Lipinski definition) is 4. The van der Waals surface area contributed by atoms with E-state index in [0.29, 0.717) is 0 Å². The van der Waals surface area contributed by atoms with E-state index in [4.69, 9.17) is 15.3 Å². The Hall–Kier alpha value is -1.10. The highest BCUT2D eigenvalue weighted by Gasteiger charge is 2.25. The van der Waals surface area contributed by atoms with Gasteiger partial charge in [-0.2, -0.15) is 0 Å². The minimum atomic E-state index is -0.248. The Bertz CT molecular complexity index is 391. The van der Waals surface area contributed by atoms with Crippen molar-refractivity contribution in [3.63, 3.8) is 0 Å². The van der Waals surface area contributed by atoms with E-state index >= 15 is 0 Å². The maximum Gasteiger partial charge on any atom is 0.124 e. The smallest absolute Gasteiger partial charge is 0.124 e. The molecule has 0 aliphatic rings. The fraction of sp³-hybridized carbons (Fsp3) is 0.600. The molecule has 1 aromatic carbocycles. The molecule has 4 heteroatoms. The summed E-state index contributed by atoms with van der Waals surface area (Å²) in [5.74, 6) is 6.57. The van der Waals surface area contributed by atoms with Gasteiger partial charge in [0, 0.05) is 12.7 Å². The van der Waals surface area contributed by atoms with Crippen LogP contribution in [0.2, 0.25) is 0 Å². The molecule has 0 aromatic heterocycles. The number of methoxy groups -OCH3 is 1. The van der Waals surface area contributed by atoms with E-state index in [-0.39, 0.29) is 17.7 Å². The average Bonchev–Trinajstić information content (AvgIpc) is 2.36. The third-order valence-corrected chi connectivity index (χ3v) is 3.11. The van der Waals surface area contributed by atoms with E-state index in [1.54, 1.807) is 7.11 Å². The zero-order valence-corrected chi connectivity index (χ0v) is 12.6. The molecule has 0 aliphatic carbocycles. The van der Waals surface area contributed by atoms with Crippen LogP contribution in [0.15, 0.2) is 24.3 Å². The van der Waals surface area contributed by atoms with Crippen LogP contribution >= 0.6 is 0 Å². The second-order valence-corrected chi connectivity index (χ2v) is 5.59. The maximum absolute atomic E-state index is 5.84. The van der Waals surface area contributed by atoms with Crippen molar-refractivity contribution in [3.8, 4) is 5.75 Å². The summed E-state index contributed by atoms with van der Waals surface area (Å²) in [6.45, 7) is 8.12. The molecule has 0 saturated carbocycles. The number of benzene rings is 1. The first kappa shape index (κ1) is 16.0. The van der Waals surface area contributed by atoms with Crippen molar-refractivity contribution in [2.24, 2.45) is 5.84 Å². The first-order chi connectivity index (χ1) is 8.89. The fourth-order valence-corrected chi connectivity index (χ4v) is 1.96. The Labute approximate surface area is 116 Å². The number of hydrazine groups is 1. The van der Waals surface area contributed by atoms with E-state index in [0.717, 1.165) is 17.7 Å². The molecule has 0 amide bonds. The lowest BCUT2D eigenvalue weighted by Crippen LogP contribution is -2.35. The lowest BCUT2D eigenvalue weighted by Gasteiger charge is -2.29. The summed E-state index contributed by atoms with van der Waals surface area (Å²) in [7, 11) is 1.71. The average molecular weight is 266 g/mol. The van der Waals surface area contributed by atoms with Gasteiger partial charge >= 0.3 is 0 Å². The normalized spacial score (nSPS) is 13.6. The third-order valence-electron chi connectivity index (χ3n) is 3.11. The Morgan fingerprint density at radius 3 is 2.42 bits per heavy atom. The molecule has 0 radical (unpaired) electrons. The van der Waals surface area contributed by atoms with Crippen LogP contribution in [0.4, 0.5) is 0 Å². The Morgan fingerprint density at radius 2 is 1.89 bits per heavy atom. The zero-order valence-electron chi connectivity index (χ0n) is 12.6. The molecule has 0 saturated heterocycles. The summed E-state index contributed by atoms with van der Waals surface area (Å²) in [6, 6.07) is 7.96. The van der Waals surface area contributed by atoms with Crippen LogP contribution in [0.5, 0.6) is 5.75 Å². The summed E-state index contributed by atoms with van der Waals surface area (Å²) >= 11 is 0. The minimum absolute atomic E-state index is 0.00935. The van der Waals surface area contributed by atoms with E-state index in [1.165, 1.54) is 0 Å². The van der Waals surface area contributed by atoms with Crippen molar-refractivity contribution in [3.05, 3.63) is 29.8 Å². The molecular formula is C15H26N2O2. The van der Waals surface area contributed by atoms with Crippen molar-refractivity contribution >= 4 is 0 Å². The molecule has 1 atom stereocenters. The summed E-state index contributed by atoms with van der Waals surface area (Å²) < 4.78 is 11.3. The van der Waals surface area contributed by atoms with E-state index < -0.39 is 0 Å². The number of nitrogens with two attached hydrogens (primary N) is 1. The van der Waals surface area contributed by atoms with Crippen LogP contribution < -0.4 is 16.0 Å². The quantitative estimate of drug-likeness (QED) is 0.588. The standard InChI is InChI=1S/C15H26N2O2/c1-11(2)19-14-9-7-6-8-12(14)13(17-16)10-15(3,4)18-5/h6-9,11,13,17H,10,16H2,1-5H3. The number of hydrogen-bond donors (Lipinski definition) is 2. The van der Waals surface area contributed by atoms with Gasteiger partial charge < -0.3 is 9.47 Å². The maximum atomic E-state index is 5.84. The van der Waals surface area contributed by atoms with Gasteiger partial charge in [-0.3, -0.25) is 11.3 Å². The number of para-hydroxylation sites is 1. The number of nitrogens with one attached hydrogen (secondary N) is 1. The highest BCUT2D eigenvalue weighted by Crippen LogP contribution is 2.31. The first-order valence-electron chi connectivity index (χ1n) is 6.66. The molecular weight excluding hydrogens is 240 g/mol. The number of ether oxygens (including phenoxy) is 2. The Morgan fingerprint density at radius 1 is 1.26 bits per heavy atom. The molecule has 19 heavy (non-hydrogen) atoms.